The Labute approximate surface area is 167 Å². The average molecular weight is 351 g/mol. The Kier molecular flexibility index (Phi) is 6.26. The fraction of sp³-hybridized carbons (Fsp3) is 0.125. The predicted molar refractivity (Wildman–Crippen MR) is 92.6 cm³/mol. The molecule has 2 aromatic heterocycles. The van der Waals surface area contributed by atoms with Crippen LogP contribution in [0.25, 0.3) is 22.2 Å². The number of H-pyrrole nitrogens is 1. The summed E-state index contributed by atoms with van der Waals surface area (Å²) in [7, 11) is 1.71. The molecule has 0 radical (unpaired) electrons. The Bertz CT molecular complexity index is 844. The van der Waals surface area contributed by atoms with E-state index < -0.39 is 0 Å². The van der Waals surface area contributed by atoms with E-state index in [1.165, 1.54) is 5.01 Å². The van der Waals surface area contributed by atoms with Crippen LogP contribution >= 0.6 is 11.6 Å². The number of fused-ring (bicyclic) bond motifs is 1. The van der Waals surface area contributed by atoms with Crippen molar-refractivity contribution in [2.45, 2.75) is 6.54 Å². The van der Waals surface area contributed by atoms with Gasteiger partial charge in [-0.3, -0.25) is 16.6 Å². The Balaban J connectivity index is 0.00000208. The number of hydrogen-bond donors (Lipinski definition) is 3. The Morgan fingerprint density at radius 2 is 2.12 bits per heavy atom. The number of nitrogens with zero attached hydrogens (tertiary/aromatic N) is 3. The van der Waals surface area contributed by atoms with Crippen LogP contribution in [0.1, 0.15) is 5.69 Å². The minimum absolute atomic E-state index is 0. The molecule has 24 heavy (non-hydrogen) atoms. The summed E-state index contributed by atoms with van der Waals surface area (Å²) >= 11 is 6.40. The van der Waals surface area contributed by atoms with Gasteiger partial charge in [0.15, 0.2) is 5.82 Å². The maximum absolute atomic E-state index is 6.40. The van der Waals surface area contributed by atoms with Gasteiger partial charge in [-0.2, -0.15) is 0 Å². The summed E-state index contributed by atoms with van der Waals surface area (Å²) in [6, 6.07) is 5.91. The second-order valence-electron chi connectivity index (χ2n) is 5.11. The molecule has 0 aliphatic carbocycles. The molecule has 0 bridgehead atoms. The van der Waals surface area contributed by atoms with Crippen LogP contribution in [0.15, 0.2) is 37.2 Å². The van der Waals surface area contributed by atoms with Gasteiger partial charge >= 0.3 is 29.6 Å². The third-order valence-corrected chi connectivity index (χ3v) is 3.76. The largest absolute Gasteiger partial charge is 1.00 e. The number of nitrogens with one attached hydrogen (secondary N) is 2. The van der Waals surface area contributed by atoms with Crippen LogP contribution in [0.3, 0.4) is 0 Å². The molecule has 0 atom stereocenters. The number of hydrazine groups is 1. The summed E-state index contributed by atoms with van der Waals surface area (Å²) in [4.78, 5) is 12.0. The van der Waals surface area contributed by atoms with Gasteiger partial charge < -0.3 is 16.5 Å². The number of nitrogens with two attached hydrogens (primary N) is 1. The molecule has 118 valence electrons. The second-order valence-corrected chi connectivity index (χ2v) is 5.52. The molecule has 3 rings (SSSR count). The summed E-state index contributed by atoms with van der Waals surface area (Å²) in [5.74, 6) is 6.22. The first kappa shape index (κ1) is 18.8. The van der Waals surface area contributed by atoms with Crippen molar-refractivity contribution in [2.24, 2.45) is 5.84 Å². The van der Waals surface area contributed by atoms with Gasteiger partial charge in [0, 0.05) is 35.8 Å². The molecule has 2 heterocycles. The molecule has 0 saturated carbocycles. The molecule has 0 fully saturated rings. The minimum atomic E-state index is 0. The van der Waals surface area contributed by atoms with E-state index in [1.54, 1.807) is 19.4 Å². The average Bonchev–Trinajstić information content (AvgIpc) is 2.93. The summed E-state index contributed by atoms with van der Waals surface area (Å²) < 4.78 is 0. The Hall–Kier alpha value is -1.57. The van der Waals surface area contributed by atoms with Gasteiger partial charge in [0.1, 0.15) is 0 Å². The van der Waals surface area contributed by atoms with Gasteiger partial charge in [-0.15, -0.1) is 0 Å². The number of aromatic nitrogens is 3. The van der Waals surface area contributed by atoms with Crippen molar-refractivity contribution in [1.82, 2.24) is 20.3 Å². The summed E-state index contributed by atoms with van der Waals surface area (Å²) in [6.45, 7) is 4.15. The number of rotatable bonds is 5. The zero-order valence-electron chi connectivity index (χ0n) is 13.6. The number of aromatic amines is 1. The molecule has 0 aliphatic heterocycles. The molecular weight excluding hydrogens is 335 g/mol. The first-order valence-electron chi connectivity index (χ1n) is 6.95. The van der Waals surface area contributed by atoms with Crippen molar-refractivity contribution in [3.63, 3.8) is 0 Å². The van der Waals surface area contributed by atoms with E-state index >= 15 is 0 Å². The topological polar surface area (TPSA) is 82.9 Å². The van der Waals surface area contributed by atoms with Crippen LogP contribution in [0.2, 0.25) is 5.02 Å². The van der Waals surface area contributed by atoms with Gasteiger partial charge in [0.05, 0.1) is 23.1 Å². The Morgan fingerprint density at radius 3 is 2.75 bits per heavy atom. The van der Waals surface area contributed by atoms with E-state index in [0.717, 1.165) is 22.2 Å². The van der Waals surface area contributed by atoms with Crippen LogP contribution in [-0.4, -0.2) is 22.0 Å². The number of benzene rings is 1. The van der Waals surface area contributed by atoms with E-state index in [-0.39, 0.29) is 29.6 Å². The first-order chi connectivity index (χ1) is 11.1. The van der Waals surface area contributed by atoms with Crippen molar-refractivity contribution in [1.29, 1.82) is 0 Å². The van der Waals surface area contributed by atoms with E-state index in [2.05, 4.69) is 33.0 Å². The molecule has 3 aromatic rings. The third kappa shape index (κ3) is 3.91. The zero-order valence-corrected chi connectivity index (χ0v) is 16.4. The SMILES string of the molecule is C=[C-]NCc1cc2cc(Cl)c(-c3cnc(N(C)N)cn3)cc2[nH]1.[Na+]. The van der Waals surface area contributed by atoms with Crippen molar-refractivity contribution in [3.8, 4) is 11.3 Å². The molecular formula is C16H16ClN6Na. The molecule has 4 N–H and O–H groups in total. The normalized spacial score (nSPS) is 10.3. The van der Waals surface area contributed by atoms with Gasteiger partial charge in [-0.1, -0.05) is 11.6 Å². The third-order valence-electron chi connectivity index (χ3n) is 3.44. The molecule has 0 saturated heterocycles. The second kappa shape index (κ2) is 8.00. The molecule has 0 unspecified atom stereocenters. The molecule has 6 nitrogen and oxygen atoms in total. The first-order valence-corrected chi connectivity index (χ1v) is 7.33. The monoisotopic (exact) mass is 350 g/mol. The molecule has 0 spiro atoms. The molecule has 8 heteroatoms. The predicted octanol–water partition coefficient (Wildman–Crippen LogP) is -0.372. The maximum Gasteiger partial charge on any atom is 1.00 e. The molecule has 0 aliphatic rings. The fourth-order valence-electron chi connectivity index (χ4n) is 2.30. The Morgan fingerprint density at radius 1 is 1.33 bits per heavy atom. The van der Waals surface area contributed by atoms with Gasteiger partial charge in [0.2, 0.25) is 0 Å². The van der Waals surface area contributed by atoms with Gasteiger partial charge in [-0.25, -0.2) is 10.8 Å². The van der Waals surface area contributed by atoms with Crippen LogP contribution in [0.4, 0.5) is 5.82 Å². The fourth-order valence-corrected chi connectivity index (χ4v) is 2.57. The van der Waals surface area contributed by atoms with E-state index in [9.17, 15) is 0 Å². The summed E-state index contributed by atoms with van der Waals surface area (Å²) in [5, 5.41) is 6.00. The van der Waals surface area contributed by atoms with Gasteiger partial charge in [0.25, 0.3) is 0 Å². The van der Waals surface area contributed by atoms with E-state index in [4.69, 9.17) is 17.4 Å². The number of anilines is 1. The van der Waals surface area contributed by atoms with Gasteiger partial charge in [-0.05, 0) is 18.2 Å². The van der Waals surface area contributed by atoms with Crippen LogP contribution < -0.4 is 45.7 Å². The van der Waals surface area contributed by atoms with Crippen LogP contribution in [-0.2, 0) is 6.54 Å². The standard InChI is InChI=1S/C16H16ClN6.Na/c1-3-19-7-11-4-10-5-13(17)12(6-14(10)22-11)15-8-21-16(9-20-15)23(2)18;/h4-6,8-9,19,22H,1,7,18H2,2H3;/q-1;+1. The minimum Gasteiger partial charge on any atom is -0.563 e. The number of hydrogen-bond acceptors (Lipinski definition) is 5. The summed E-state index contributed by atoms with van der Waals surface area (Å²) in [5.41, 5.74) is 3.51. The van der Waals surface area contributed by atoms with Crippen LogP contribution in [0, 0.1) is 6.20 Å². The van der Waals surface area contributed by atoms with E-state index in [0.29, 0.717) is 23.1 Å². The van der Waals surface area contributed by atoms with Crippen LogP contribution in [0.5, 0.6) is 0 Å². The van der Waals surface area contributed by atoms with Crippen molar-refractivity contribution in [2.75, 3.05) is 12.1 Å². The quantitative estimate of drug-likeness (QED) is 0.192. The van der Waals surface area contributed by atoms with Crippen molar-refractivity contribution in [3.05, 3.63) is 54.1 Å². The van der Waals surface area contributed by atoms with E-state index in [1.807, 2.05) is 18.2 Å². The van der Waals surface area contributed by atoms with Crippen molar-refractivity contribution >= 4 is 28.3 Å². The number of halogens is 1. The summed E-state index contributed by atoms with van der Waals surface area (Å²) in [6.07, 6.45) is 5.91. The molecule has 0 amide bonds. The zero-order chi connectivity index (χ0) is 16.4. The van der Waals surface area contributed by atoms with Crippen molar-refractivity contribution < 1.29 is 29.6 Å². The maximum atomic E-state index is 6.40. The smallest absolute Gasteiger partial charge is 0.563 e. The molecule has 1 aromatic carbocycles.